The van der Waals surface area contributed by atoms with Gasteiger partial charge in [-0.05, 0) is 27.8 Å². The number of ether oxygens (including phenoxy) is 5. The summed E-state index contributed by atoms with van der Waals surface area (Å²) in [6, 6.07) is 48.6. The molecule has 0 aliphatic carbocycles. The highest BCUT2D eigenvalue weighted by molar-refractivity contribution is 5.68. The maximum atomic E-state index is 14.2. The summed E-state index contributed by atoms with van der Waals surface area (Å²) in [4.78, 5) is 15.8. The van der Waals surface area contributed by atoms with Crippen molar-refractivity contribution >= 4 is 6.09 Å². The normalized spacial score (nSPS) is 13.3. The van der Waals surface area contributed by atoms with Crippen molar-refractivity contribution in [1.29, 1.82) is 0 Å². The highest BCUT2D eigenvalue weighted by Crippen LogP contribution is 2.26. The highest BCUT2D eigenvalue weighted by atomic mass is 16.6. The van der Waals surface area contributed by atoms with Gasteiger partial charge in [0, 0.05) is 6.54 Å². The largest absolute Gasteiger partial charge is 0.445 e. The maximum Gasteiger partial charge on any atom is 0.410 e. The lowest BCUT2D eigenvalue weighted by Crippen LogP contribution is -2.57. The van der Waals surface area contributed by atoms with Crippen molar-refractivity contribution in [3.8, 4) is 0 Å². The van der Waals surface area contributed by atoms with Crippen LogP contribution in [0, 0.1) is 0 Å². The average Bonchev–Trinajstić information content (AvgIpc) is 3.22. The average molecular weight is 712 g/mol. The number of benzene rings is 5. The maximum absolute atomic E-state index is 14.2. The molecule has 0 aliphatic rings. The van der Waals surface area contributed by atoms with Crippen LogP contribution >= 0.6 is 0 Å². The van der Waals surface area contributed by atoms with E-state index in [9.17, 15) is 4.79 Å². The second-order valence-corrected chi connectivity index (χ2v) is 12.6. The van der Waals surface area contributed by atoms with Crippen LogP contribution in [-0.2, 0) is 56.7 Å². The second kappa shape index (κ2) is 21.9. The Labute approximate surface area is 314 Å². The first kappa shape index (κ1) is 38.9. The topological polar surface area (TPSA) is 66.5 Å². The smallest absolute Gasteiger partial charge is 0.410 e. The molecule has 0 aliphatic heterocycles. The standard InChI is InChI=1S/C46H49NO6/c1-3-30-47(46(48)53-35-41-28-18-9-19-29-41)42(36-49-31-37-20-10-5-11-21-37)44(51-33-39-24-14-7-15-25-39)45(52-34-40-26-16-8-17-27-40)43(4-2)50-32-38-22-12-6-13-23-38/h3-29,42-45H,1-2,30-36H2/t42-,43+,44-,45-/m1/s1. The van der Waals surface area contributed by atoms with E-state index < -0.39 is 30.4 Å². The SMILES string of the molecule is C=CCN(C(=O)OCc1ccccc1)[C@H](COCc1ccccc1)[C@@H](OCc1ccccc1)[C@H](OCc1ccccc1)[C@H](C=C)OCc1ccccc1. The van der Waals surface area contributed by atoms with Gasteiger partial charge in [-0.15, -0.1) is 13.2 Å². The molecular weight excluding hydrogens is 663 g/mol. The molecule has 0 heterocycles. The predicted octanol–water partition coefficient (Wildman–Crippen LogP) is 9.34. The number of hydrogen-bond acceptors (Lipinski definition) is 6. The Balaban J connectivity index is 1.53. The molecule has 0 unspecified atom stereocenters. The number of hydrogen-bond donors (Lipinski definition) is 0. The van der Waals surface area contributed by atoms with Crippen LogP contribution in [0.3, 0.4) is 0 Å². The fourth-order valence-electron chi connectivity index (χ4n) is 5.92. The monoisotopic (exact) mass is 711 g/mol. The van der Waals surface area contributed by atoms with Crippen LogP contribution in [0.25, 0.3) is 0 Å². The third-order valence-corrected chi connectivity index (χ3v) is 8.68. The van der Waals surface area contributed by atoms with E-state index in [0.29, 0.717) is 13.2 Å². The molecule has 0 fully saturated rings. The Hall–Kier alpha value is -5.31. The van der Waals surface area contributed by atoms with Gasteiger partial charge in [0.25, 0.3) is 0 Å². The van der Waals surface area contributed by atoms with Crippen molar-refractivity contribution in [2.45, 2.75) is 57.4 Å². The molecule has 4 atom stereocenters. The van der Waals surface area contributed by atoms with Crippen molar-refractivity contribution in [2.24, 2.45) is 0 Å². The number of nitrogens with zero attached hydrogens (tertiary/aromatic N) is 1. The molecule has 7 nitrogen and oxygen atoms in total. The minimum Gasteiger partial charge on any atom is -0.445 e. The van der Waals surface area contributed by atoms with Gasteiger partial charge in [0.1, 0.15) is 24.9 Å². The molecule has 0 radical (unpaired) electrons. The van der Waals surface area contributed by atoms with Crippen LogP contribution in [0.15, 0.2) is 177 Å². The number of amides is 1. The van der Waals surface area contributed by atoms with Crippen LogP contribution in [0.4, 0.5) is 4.79 Å². The third kappa shape index (κ3) is 12.7. The van der Waals surface area contributed by atoms with Gasteiger partial charge in [0.2, 0.25) is 0 Å². The van der Waals surface area contributed by atoms with E-state index >= 15 is 0 Å². The third-order valence-electron chi connectivity index (χ3n) is 8.68. The van der Waals surface area contributed by atoms with Gasteiger partial charge in [-0.25, -0.2) is 4.79 Å². The van der Waals surface area contributed by atoms with Crippen molar-refractivity contribution in [3.05, 3.63) is 205 Å². The van der Waals surface area contributed by atoms with E-state index in [1.807, 2.05) is 152 Å². The van der Waals surface area contributed by atoms with Gasteiger partial charge >= 0.3 is 6.09 Å². The molecular formula is C46H49NO6. The first-order valence-corrected chi connectivity index (χ1v) is 17.9. The summed E-state index contributed by atoms with van der Waals surface area (Å²) >= 11 is 0. The van der Waals surface area contributed by atoms with Crippen LogP contribution < -0.4 is 0 Å². The Morgan fingerprint density at radius 2 is 0.925 bits per heavy atom. The molecule has 7 heteroatoms. The second-order valence-electron chi connectivity index (χ2n) is 12.6. The van der Waals surface area contributed by atoms with Crippen molar-refractivity contribution in [2.75, 3.05) is 13.2 Å². The van der Waals surface area contributed by atoms with E-state index in [1.165, 1.54) is 0 Å². The minimum absolute atomic E-state index is 0.101. The lowest BCUT2D eigenvalue weighted by Gasteiger charge is -2.41. The Morgan fingerprint density at radius 3 is 1.36 bits per heavy atom. The van der Waals surface area contributed by atoms with Gasteiger partial charge in [-0.2, -0.15) is 0 Å². The molecule has 0 N–H and O–H groups in total. The number of rotatable bonds is 22. The van der Waals surface area contributed by atoms with Crippen LogP contribution in [0.2, 0.25) is 0 Å². The van der Waals surface area contributed by atoms with Gasteiger partial charge in [0.15, 0.2) is 0 Å². The fourth-order valence-corrected chi connectivity index (χ4v) is 5.92. The number of carbonyl (C=O) groups is 1. The molecule has 53 heavy (non-hydrogen) atoms. The lowest BCUT2D eigenvalue weighted by atomic mass is 9.98. The Bertz CT molecular complexity index is 1760. The van der Waals surface area contributed by atoms with Crippen LogP contribution in [-0.4, -0.2) is 48.5 Å². The van der Waals surface area contributed by atoms with E-state index in [0.717, 1.165) is 27.8 Å². The van der Waals surface area contributed by atoms with E-state index in [4.69, 9.17) is 23.7 Å². The Morgan fingerprint density at radius 1 is 0.528 bits per heavy atom. The predicted molar refractivity (Wildman–Crippen MR) is 209 cm³/mol. The molecule has 5 rings (SSSR count). The summed E-state index contributed by atoms with van der Waals surface area (Å²) in [6.07, 6.45) is 0.737. The zero-order chi connectivity index (χ0) is 36.9. The molecule has 0 bridgehead atoms. The summed E-state index contributed by atoms with van der Waals surface area (Å²) in [5.74, 6) is 0. The van der Waals surface area contributed by atoms with Gasteiger partial charge < -0.3 is 23.7 Å². The van der Waals surface area contributed by atoms with Gasteiger partial charge in [-0.3, -0.25) is 4.90 Å². The van der Waals surface area contributed by atoms with E-state index in [1.54, 1.807) is 17.1 Å². The number of carbonyl (C=O) groups excluding carboxylic acids is 1. The summed E-state index contributed by atoms with van der Waals surface area (Å²) < 4.78 is 32.7. The first-order valence-electron chi connectivity index (χ1n) is 17.9. The highest BCUT2D eigenvalue weighted by Gasteiger charge is 2.41. The molecule has 0 aromatic heterocycles. The van der Waals surface area contributed by atoms with Crippen molar-refractivity contribution in [3.63, 3.8) is 0 Å². The van der Waals surface area contributed by atoms with E-state index in [2.05, 4.69) is 13.2 Å². The molecule has 0 spiro atoms. The molecule has 274 valence electrons. The molecule has 1 amide bonds. The molecule has 0 saturated carbocycles. The quantitative estimate of drug-likeness (QED) is 0.0667. The summed E-state index contributed by atoms with van der Waals surface area (Å²) in [7, 11) is 0. The zero-order valence-corrected chi connectivity index (χ0v) is 30.2. The summed E-state index contributed by atoms with van der Waals surface area (Å²) in [5, 5.41) is 0. The zero-order valence-electron chi connectivity index (χ0n) is 30.2. The Kier molecular flexibility index (Phi) is 16.1. The molecule has 5 aromatic carbocycles. The van der Waals surface area contributed by atoms with E-state index in [-0.39, 0.29) is 33.0 Å². The van der Waals surface area contributed by atoms with Gasteiger partial charge in [-0.1, -0.05) is 164 Å². The van der Waals surface area contributed by atoms with Crippen molar-refractivity contribution in [1.82, 2.24) is 4.90 Å². The lowest BCUT2D eigenvalue weighted by molar-refractivity contribution is -0.164. The van der Waals surface area contributed by atoms with Crippen LogP contribution in [0.1, 0.15) is 27.8 Å². The summed E-state index contributed by atoms with van der Waals surface area (Å²) in [6.45, 7) is 9.72. The van der Waals surface area contributed by atoms with Crippen LogP contribution in [0.5, 0.6) is 0 Å². The van der Waals surface area contributed by atoms with Gasteiger partial charge in [0.05, 0.1) is 39.1 Å². The molecule has 0 saturated heterocycles. The minimum atomic E-state index is -0.780. The van der Waals surface area contributed by atoms with Crippen molar-refractivity contribution < 1.29 is 28.5 Å². The molecule has 5 aromatic rings. The summed E-state index contributed by atoms with van der Waals surface area (Å²) in [5.41, 5.74) is 4.82. The fraction of sp³-hybridized carbons (Fsp3) is 0.239. The first-order chi connectivity index (χ1) is 26.1.